The van der Waals surface area contributed by atoms with Crippen molar-refractivity contribution in [1.82, 2.24) is 9.62 Å². The minimum absolute atomic E-state index is 0.187. The third-order valence-corrected chi connectivity index (χ3v) is 7.54. The van der Waals surface area contributed by atoms with Gasteiger partial charge in [0.25, 0.3) is 5.91 Å². The molecule has 2 aliphatic rings. The monoisotopic (exact) mass is 438 g/mol. The van der Waals surface area contributed by atoms with Gasteiger partial charge in [-0.25, -0.2) is 8.42 Å². The van der Waals surface area contributed by atoms with Crippen molar-refractivity contribution in [2.45, 2.75) is 56.4 Å². The average molecular weight is 439 g/mol. The summed E-state index contributed by atoms with van der Waals surface area (Å²) in [6, 6.07) is 6.52. The summed E-state index contributed by atoms with van der Waals surface area (Å²) in [4.78, 5) is 24.4. The van der Waals surface area contributed by atoms with Crippen molar-refractivity contribution in [2.75, 3.05) is 26.3 Å². The van der Waals surface area contributed by atoms with Gasteiger partial charge in [-0.3, -0.25) is 9.59 Å². The summed E-state index contributed by atoms with van der Waals surface area (Å²) >= 11 is 0. The zero-order valence-electron chi connectivity index (χ0n) is 17.3. The molecule has 3 rings (SSSR count). The summed E-state index contributed by atoms with van der Waals surface area (Å²) in [6.07, 6.45) is 4.92. The van der Waals surface area contributed by atoms with Crippen LogP contribution in [0.2, 0.25) is 0 Å². The standard InChI is InChI=1S/C21H30N2O6S/c1-2-28-18-7-9-19(10-8-18)30(26,27)23-13-11-16(12-14-23)21(25)29-15-20(24)22-17-5-3-4-6-17/h7-10,16-17H,2-6,11-15H2,1H3,(H,22,24). The summed E-state index contributed by atoms with van der Waals surface area (Å²) in [6.45, 7) is 2.58. The van der Waals surface area contributed by atoms with Crippen LogP contribution in [0.5, 0.6) is 5.75 Å². The van der Waals surface area contributed by atoms with Gasteiger partial charge >= 0.3 is 5.97 Å². The van der Waals surface area contributed by atoms with Gasteiger partial charge in [-0.1, -0.05) is 12.8 Å². The van der Waals surface area contributed by atoms with Gasteiger partial charge in [-0.15, -0.1) is 0 Å². The first-order valence-electron chi connectivity index (χ1n) is 10.6. The summed E-state index contributed by atoms with van der Waals surface area (Å²) in [5.41, 5.74) is 0. The highest BCUT2D eigenvalue weighted by Gasteiger charge is 2.33. The van der Waals surface area contributed by atoms with Crippen LogP contribution >= 0.6 is 0 Å². The quantitative estimate of drug-likeness (QED) is 0.624. The van der Waals surface area contributed by atoms with Crippen LogP contribution in [0, 0.1) is 5.92 Å². The minimum Gasteiger partial charge on any atom is -0.494 e. The molecule has 0 bridgehead atoms. The number of nitrogens with one attached hydrogen (secondary N) is 1. The maximum Gasteiger partial charge on any atom is 0.309 e. The van der Waals surface area contributed by atoms with Gasteiger partial charge < -0.3 is 14.8 Å². The maximum absolute atomic E-state index is 12.8. The number of esters is 1. The van der Waals surface area contributed by atoms with Crippen molar-refractivity contribution in [3.05, 3.63) is 24.3 Å². The van der Waals surface area contributed by atoms with Crippen LogP contribution in [0.25, 0.3) is 0 Å². The van der Waals surface area contributed by atoms with E-state index in [-0.39, 0.29) is 36.5 Å². The molecule has 1 aromatic rings. The molecule has 2 fully saturated rings. The molecule has 9 heteroatoms. The lowest BCUT2D eigenvalue weighted by molar-refractivity contribution is -0.153. The van der Waals surface area contributed by atoms with E-state index in [0.717, 1.165) is 25.7 Å². The van der Waals surface area contributed by atoms with Gasteiger partial charge in [-0.05, 0) is 56.9 Å². The molecular formula is C21H30N2O6S. The minimum atomic E-state index is -3.62. The Morgan fingerprint density at radius 1 is 1.07 bits per heavy atom. The van der Waals surface area contributed by atoms with E-state index in [4.69, 9.17) is 9.47 Å². The van der Waals surface area contributed by atoms with Gasteiger partial charge in [0, 0.05) is 19.1 Å². The largest absolute Gasteiger partial charge is 0.494 e. The SMILES string of the molecule is CCOc1ccc(S(=O)(=O)N2CCC(C(=O)OCC(=O)NC3CCCC3)CC2)cc1. The first-order chi connectivity index (χ1) is 14.4. The predicted molar refractivity (Wildman–Crippen MR) is 110 cm³/mol. The van der Waals surface area contributed by atoms with Crippen LogP contribution in [0.15, 0.2) is 29.2 Å². The van der Waals surface area contributed by atoms with Crippen LogP contribution in [0.3, 0.4) is 0 Å². The second-order valence-electron chi connectivity index (χ2n) is 7.74. The van der Waals surface area contributed by atoms with Crippen LogP contribution in [0.4, 0.5) is 0 Å². The molecular weight excluding hydrogens is 408 g/mol. The number of hydrogen-bond donors (Lipinski definition) is 1. The maximum atomic E-state index is 12.8. The zero-order valence-corrected chi connectivity index (χ0v) is 18.2. The van der Waals surface area contributed by atoms with Crippen molar-refractivity contribution < 1.29 is 27.5 Å². The van der Waals surface area contributed by atoms with Crippen LogP contribution in [0.1, 0.15) is 45.4 Å². The van der Waals surface area contributed by atoms with E-state index in [1.165, 1.54) is 16.4 Å². The molecule has 1 saturated carbocycles. The van der Waals surface area contributed by atoms with Crippen LogP contribution in [-0.2, 0) is 24.3 Å². The lowest BCUT2D eigenvalue weighted by atomic mass is 9.98. The van der Waals surface area contributed by atoms with Crippen molar-refractivity contribution in [1.29, 1.82) is 0 Å². The Kier molecular flexibility index (Phi) is 7.71. The van der Waals surface area contributed by atoms with E-state index in [0.29, 0.717) is 25.2 Å². The van der Waals surface area contributed by atoms with E-state index >= 15 is 0 Å². The number of ether oxygens (including phenoxy) is 2. The third-order valence-electron chi connectivity index (χ3n) is 5.63. The molecule has 0 aromatic heterocycles. The number of carbonyl (C=O) groups excluding carboxylic acids is 2. The lowest BCUT2D eigenvalue weighted by Gasteiger charge is -2.30. The Balaban J connectivity index is 1.46. The summed E-state index contributed by atoms with van der Waals surface area (Å²) in [5.74, 6) is -0.480. The molecule has 1 aliphatic heterocycles. The van der Waals surface area contributed by atoms with Crippen molar-refractivity contribution in [2.24, 2.45) is 5.92 Å². The number of piperidine rings is 1. The number of nitrogens with zero attached hydrogens (tertiary/aromatic N) is 1. The molecule has 1 aliphatic carbocycles. The van der Waals surface area contributed by atoms with Gasteiger partial charge in [0.05, 0.1) is 17.4 Å². The second-order valence-corrected chi connectivity index (χ2v) is 9.68. The first kappa shape index (κ1) is 22.6. The number of hydrogen-bond acceptors (Lipinski definition) is 6. The second kappa shape index (κ2) is 10.3. The molecule has 1 amide bonds. The predicted octanol–water partition coefficient (Wildman–Crippen LogP) is 2.09. The highest BCUT2D eigenvalue weighted by molar-refractivity contribution is 7.89. The Morgan fingerprint density at radius 3 is 2.30 bits per heavy atom. The first-order valence-corrected chi connectivity index (χ1v) is 12.0. The van der Waals surface area contributed by atoms with Crippen LogP contribution in [-0.4, -0.2) is 56.9 Å². The summed E-state index contributed by atoms with van der Waals surface area (Å²) < 4.78 is 37.6. The highest BCUT2D eigenvalue weighted by atomic mass is 32.2. The van der Waals surface area contributed by atoms with Gasteiger partial charge in [0.2, 0.25) is 10.0 Å². The zero-order chi connectivity index (χ0) is 21.6. The molecule has 1 N–H and O–H groups in total. The van der Waals surface area contributed by atoms with E-state index in [2.05, 4.69) is 5.32 Å². The Labute approximate surface area is 178 Å². The molecule has 0 atom stereocenters. The van der Waals surface area contributed by atoms with E-state index in [1.807, 2.05) is 6.92 Å². The van der Waals surface area contributed by atoms with E-state index in [1.54, 1.807) is 12.1 Å². The number of rotatable bonds is 8. The fraction of sp³-hybridized carbons (Fsp3) is 0.619. The van der Waals surface area contributed by atoms with Gasteiger partial charge in [-0.2, -0.15) is 4.31 Å². The number of benzene rings is 1. The molecule has 8 nitrogen and oxygen atoms in total. The van der Waals surface area contributed by atoms with E-state index < -0.39 is 21.9 Å². The third kappa shape index (κ3) is 5.72. The number of sulfonamides is 1. The molecule has 1 saturated heterocycles. The molecule has 30 heavy (non-hydrogen) atoms. The highest BCUT2D eigenvalue weighted by Crippen LogP contribution is 2.26. The number of carbonyl (C=O) groups is 2. The normalized spacial score (nSPS) is 18.8. The molecule has 0 radical (unpaired) electrons. The topological polar surface area (TPSA) is 102 Å². The smallest absolute Gasteiger partial charge is 0.309 e. The van der Waals surface area contributed by atoms with Crippen molar-refractivity contribution >= 4 is 21.9 Å². The molecule has 1 aromatic carbocycles. The summed E-state index contributed by atoms with van der Waals surface area (Å²) in [7, 11) is -3.62. The lowest BCUT2D eigenvalue weighted by Crippen LogP contribution is -2.41. The van der Waals surface area contributed by atoms with Crippen molar-refractivity contribution in [3.63, 3.8) is 0 Å². The molecule has 1 heterocycles. The fourth-order valence-electron chi connectivity index (χ4n) is 3.95. The Hall–Kier alpha value is -2.13. The van der Waals surface area contributed by atoms with E-state index in [9.17, 15) is 18.0 Å². The Morgan fingerprint density at radius 2 is 1.70 bits per heavy atom. The molecule has 166 valence electrons. The number of amides is 1. The van der Waals surface area contributed by atoms with Gasteiger partial charge in [0.1, 0.15) is 5.75 Å². The molecule has 0 spiro atoms. The molecule has 0 unspecified atom stereocenters. The average Bonchev–Trinajstić information content (AvgIpc) is 3.26. The fourth-order valence-corrected chi connectivity index (χ4v) is 5.42. The van der Waals surface area contributed by atoms with Crippen LogP contribution < -0.4 is 10.1 Å². The van der Waals surface area contributed by atoms with Gasteiger partial charge in [0.15, 0.2) is 6.61 Å². The summed E-state index contributed by atoms with van der Waals surface area (Å²) in [5, 5.41) is 2.88. The Bertz CT molecular complexity index is 826. The van der Waals surface area contributed by atoms with Crippen molar-refractivity contribution in [3.8, 4) is 5.75 Å².